The number of rotatable bonds is 7. The van der Waals surface area contributed by atoms with Gasteiger partial charge in [0, 0.05) is 10.7 Å². The van der Waals surface area contributed by atoms with Crippen molar-refractivity contribution >= 4 is 24.3 Å². The Balaban J connectivity index is 0.00000676. The van der Waals surface area contributed by atoms with Crippen LogP contribution < -0.4 is 14.8 Å². The lowest BCUT2D eigenvalue weighted by Crippen LogP contribution is -2.19. The second-order valence-corrected chi connectivity index (χ2v) is 5.75. The van der Waals surface area contributed by atoms with E-state index in [-0.39, 0.29) is 36.4 Å². The number of halogens is 1. The van der Waals surface area contributed by atoms with Gasteiger partial charge in [-0.3, -0.25) is 9.59 Å². The summed E-state index contributed by atoms with van der Waals surface area (Å²) in [6, 6.07) is 4.23. The van der Waals surface area contributed by atoms with Crippen molar-refractivity contribution in [1.29, 1.82) is 0 Å². The number of carbonyl (C=O) groups is 2. The van der Waals surface area contributed by atoms with E-state index in [1.807, 2.05) is 0 Å². The zero-order valence-electron chi connectivity index (χ0n) is 17.2. The van der Waals surface area contributed by atoms with Crippen LogP contribution in [-0.4, -0.2) is 30.6 Å². The number of hydrogen-bond donors (Lipinski definition) is 2. The van der Waals surface area contributed by atoms with Gasteiger partial charge >= 0.3 is 11.9 Å². The number of hydrogen-bond acceptors (Lipinski definition) is 6. The molecule has 6 nitrogen and oxygen atoms in total. The Kier molecular flexibility index (Phi) is 7.37. The van der Waals surface area contributed by atoms with Crippen molar-refractivity contribution in [1.82, 2.24) is 5.32 Å². The highest BCUT2D eigenvalue weighted by Crippen LogP contribution is 2.32. The van der Waals surface area contributed by atoms with Gasteiger partial charge in [0.1, 0.15) is 0 Å². The summed E-state index contributed by atoms with van der Waals surface area (Å²) in [4.78, 5) is 23.7. The van der Waals surface area contributed by atoms with Gasteiger partial charge in [0.25, 0.3) is 0 Å². The van der Waals surface area contributed by atoms with Crippen molar-refractivity contribution in [2.75, 3.05) is 13.5 Å². The standard InChI is InChI=1S/C17H25NO5.ClH/c1-10(2)16(20)22-14-7-6-12(13(19)9-18-5)8-15(14)23-17(21)11(3)4;/h6-8,10-11,13,18-19H,9H2,1-5H3;1H/i5D3;. The molecule has 2 N–H and O–H groups in total. The van der Waals surface area contributed by atoms with E-state index in [1.54, 1.807) is 27.7 Å². The van der Waals surface area contributed by atoms with Gasteiger partial charge in [0.05, 0.1) is 17.9 Å². The fourth-order valence-corrected chi connectivity index (χ4v) is 1.56. The molecule has 136 valence electrons. The normalized spacial score (nSPS) is 14.2. The van der Waals surface area contributed by atoms with Gasteiger partial charge < -0.3 is 19.9 Å². The van der Waals surface area contributed by atoms with Crippen LogP contribution in [0, 0.1) is 11.8 Å². The zero-order chi connectivity index (χ0) is 20.1. The highest BCUT2D eigenvalue weighted by Gasteiger charge is 2.19. The Morgan fingerprint density at radius 2 is 1.67 bits per heavy atom. The molecular formula is C17H26ClNO5. The maximum Gasteiger partial charge on any atom is 0.313 e. The number of aliphatic hydroxyl groups is 1. The number of ether oxygens (including phenoxy) is 2. The molecule has 1 aromatic rings. The number of nitrogens with one attached hydrogen (secondary N) is 1. The Morgan fingerprint density at radius 3 is 2.17 bits per heavy atom. The third-order valence-electron chi connectivity index (χ3n) is 3.01. The average Bonchev–Trinajstić information content (AvgIpc) is 2.53. The smallest absolute Gasteiger partial charge is 0.313 e. The third kappa shape index (κ3) is 6.47. The lowest BCUT2D eigenvalue weighted by atomic mass is 10.1. The van der Waals surface area contributed by atoms with Crippen LogP contribution in [0.1, 0.15) is 43.5 Å². The van der Waals surface area contributed by atoms with Crippen LogP contribution in [0.15, 0.2) is 18.2 Å². The summed E-state index contributed by atoms with van der Waals surface area (Å²) in [6.07, 6.45) is -1.15. The Labute approximate surface area is 153 Å². The van der Waals surface area contributed by atoms with E-state index in [4.69, 9.17) is 13.6 Å². The summed E-state index contributed by atoms with van der Waals surface area (Å²) in [5.41, 5.74) is 0.317. The van der Waals surface area contributed by atoms with E-state index in [2.05, 4.69) is 5.32 Å². The first kappa shape index (κ1) is 17.2. The van der Waals surface area contributed by atoms with Crippen molar-refractivity contribution < 1.29 is 28.3 Å². The molecule has 0 bridgehead atoms. The summed E-state index contributed by atoms with van der Waals surface area (Å²) in [5.74, 6) is -1.77. The topological polar surface area (TPSA) is 84.9 Å². The summed E-state index contributed by atoms with van der Waals surface area (Å²) in [6.45, 7) is 4.03. The number of esters is 2. The van der Waals surface area contributed by atoms with Crippen molar-refractivity contribution in [2.45, 2.75) is 33.8 Å². The van der Waals surface area contributed by atoms with Crippen molar-refractivity contribution in [3.05, 3.63) is 23.8 Å². The van der Waals surface area contributed by atoms with Crippen LogP contribution in [0.2, 0.25) is 0 Å². The van der Waals surface area contributed by atoms with Crippen molar-refractivity contribution in [3.8, 4) is 11.5 Å². The van der Waals surface area contributed by atoms with Crippen LogP contribution in [-0.2, 0) is 9.59 Å². The molecule has 0 aliphatic rings. The minimum absolute atomic E-state index is 0. The molecule has 0 heterocycles. The Bertz CT molecular complexity index is 650. The van der Waals surface area contributed by atoms with E-state index < -0.39 is 30.9 Å². The molecule has 0 aliphatic heterocycles. The number of likely N-dealkylation sites (N-methyl/N-ethyl adjacent to an activating group) is 1. The second kappa shape index (κ2) is 10.3. The van der Waals surface area contributed by atoms with Gasteiger partial charge in [-0.2, -0.15) is 0 Å². The van der Waals surface area contributed by atoms with Crippen LogP contribution in [0.4, 0.5) is 0 Å². The minimum atomic E-state index is -2.39. The van der Waals surface area contributed by atoms with Crippen molar-refractivity contribution in [2.24, 2.45) is 11.8 Å². The molecule has 0 fully saturated rings. The highest BCUT2D eigenvalue weighted by atomic mass is 35.5. The molecule has 0 aromatic heterocycles. The van der Waals surface area contributed by atoms with Gasteiger partial charge in [0.2, 0.25) is 0 Å². The maximum atomic E-state index is 11.9. The predicted molar refractivity (Wildman–Crippen MR) is 93.5 cm³/mol. The van der Waals surface area contributed by atoms with Crippen LogP contribution in [0.5, 0.6) is 11.5 Å². The average molecular weight is 363 g/mol. The van der Waals surface area contributed by atoms with Gasteiger partial charge in [-0.1, -0.05) is 33.8 Å². The molecule has 0 saturated carbocycles. The monoisotopic (exact) mass is 362 g/mol. The maximum absolute atomic E-state index is 11.9. The third-order valence-corrected chi connectivity index (χ3v) is 3.01. The second-order valence-electron chi connectivity index (χ2n) is 5.75. The van der Waals surface area contributed by atoms with Crippen LogP contribution in [0.3, 0.4) is 0 Å². The molecule has 24 heavy (non-hydrogen) atoms. The fourth-order valence-electron chi connectivity index (χ4n) is 1.56. The lowest BCUT2D eigenvalue weighted by molar-refractivity contribution is -0.140. The van der Waals surface area contributed by atoms with Crippen molar-refractivity contribution in [3.63, 3.8) is 0 Å². The van der Waals surface area contributed by atoms with E-state index in [9.17, 15) is 14.7 Å². The molecule has 0 aliphatic carbocycles. The van der Waals surface area contributed by atoms with E-state index in [0.29, 0.717) is 5.56 Å². The quantitative estimate of drug-likeness (QED) is 0.572. The van der Waals surface area contributed by atoms with E-state index >= 15 is 0 Å². The molecular weight excluding hydrogens is 334 g/mol. The summed E-state index contributed by atoms with van der Waals surface area (Å²) in [7, 11) is 0. The molecule has 1 atom stereocenters. The first-order valence-corrected chi connectivity index (χ1v) is 7.41. The van der Waals surface area contributed by atoms with E-state index in [0.717, 1.165) is 0 Å². The summed E-state index contributed by atoms with van der Waals surface area (Å²) in [5, 5.41) is 12.4. The molecule has 0 spiro atoms. The molecule has 0 radical (unpaired) electrons. The first-order valence-electron chi connectivity index (χ1n) is 8.91. The predicted octanol–water partition coefficient (Wildman–Crippen LogP) is 2.48. The summed E-state index contributed by atoms with van der Waals surface area (Å²) < 4.78 is 31.8. The van der Waals surface area contributed by atoms with Gasteiger partial charge in [-0.15, -0.1) is 12.4 Å². The van der Waals surface area contributed by atoms with Crippen LogP contribution >= 0.6 is 12.4 Å². The molecule has 0 amide bonds. The molecule has 7 heteroatoms. The number of aliphatic hydroxyl groups excluding tert-OH is 1. The molecule has 1 aromatic carbocycles. The summed E-state index contributed by atoms with van der Waals surface area (Å²) >= 11 is 0. The molecule has 1 rings (SSSR count). The zero-order valence-corrected chi connectivity index (χ0v) is 15.0. The molecule has 0 saturated heterocycles. The number of benzene rings is 1. The Hall–Kier alpha value is -1.63. The molecule has 1 unspecified atom stereocenters. The minimum Gasteiger partial charge on any atom is -0.422 e. The first-order chi connectivity index (χ1) is 11.9. The number of carbonyl (C=O) groups excluding carboxylic acids is 2. The highest BCUT2D eigenvalue weighted by molar-refractivity contribution is 5.85. The van der Waals surface area contributed by atoms with Gasteiger partial charge in [-0.05, 0) is 24.7 Å². The lowest BCUT2D eigenvalue weighted by Gasteiger charge is -2.16. The van der Waals surface area contributed by atoms with Crippen LogP contribution in [0.25, 0.3) is 0 Å². The van der Waals surface area contributed by atoms with E-state index in [1.165, 1.54) is 18.2 Å². The fraction of sp³-hybridized carbons (Fsp3) is 0.529. The SMILES string of the molecule is Cl.[2H]C([2H])([2H])NCC(O)c1ccc(OC(=O)C(C)C)c(OC(=O)C(C)C)c1. The Morgan fingerprint density at radius 1 is 1.12 bits per heavy atom. The largest absolute Gasteiger partial charge is 0.422 e. The van der Waals surface area contributed by atoms with Gasteiger partial charge in [-0.25, -0.2) is 0 Å². The van der Waals surface area contributed by atoms with Gasteiger partial charge in [0.15, 0.2) is 11.5 Å².